The van der Waals surface area contributed by atoms with E-state index in [1.54, 1.807) is 18.3 Å². The summed E-state index contributed by atoms with van der Waals surface area (Å²) in [7, 11) is 0. The second kappa shape index (κ2) is 4.96. The predicted octanol–water partition coefficient (Wildman–Crippen LogP) is 2.79. The number of carbonyl (C=O) groups excluding carboxylic acids is 1. The van der Waals surface area contributed by atoms with E-state index in [2.05, 4.69) is 18.8 Å². The first kappa shape index (κ1) is 12.9. The summed E-state index contributed by atoms with van der Waals surface area (Å²) in [6, 6.07) is 3.36. The van der Waals surface area contributed by atoms with Crippen molar-refractivity contribution in [1.29, 1.82) is 0 Å². The highest BCUT2D eigenvalue weighted by molar-refractivity contribution is 5.92. The van der Waals surface area contributed by atoms with Crippen molar-refractivity contribution in [2.75, 3.05) is 5.73 Å². The van der Waals surface area contributed by atoms with Gasteiger partial charge < -0.3 is 10.5 Å². The first-order valence-corrected chi connectivity index (χ1v) is 6.39. The predicted molar refractivity (Wildman–Crippen MR) is 70.1 cm³/mol. The van der Waals surface area contributed by atoms with Crippen LogP contribution >= 0.6 is 0 Å². The fraction of sp³-hybridized carbons (Fsp3) is 0.571. The Morgan fingerprint density at radius 2 is 2.11 bits per heavy atom. The van der Waals surface area contributed by atoms with Crippen molar-refractivity contribution in [3.63, 3.8) is 0 Å². The molecule has 18 heavy (non-hydrogen) atoms. The molecule has 1 aliphatic rings. The fourth-order valence-electron chi connectivity index (χ4n) is 2.29. The maximum Gasteiger partial charge on any atom is 0.359 e. The number of nitrogens with two attached hydrogens (primary N) is 1. The summed E-state index contributed by atoms with van der Waals surface area (Å²) in [6.45, 7) is 4.50. The van der Waals surface area contributed by atoms with Gasteiger partial charge in [0.05, 0.1) is 5.69 Å². The maximum atomic E-state index is 11.9. The van der Waals surface area contributed by atoms with Gasteiger partial charge >= 0.3 is 5.97 Å². The number of aromatic nitrogens is 1. The first-order valence-electron chi connectivity index (χ1n) is 6.39. The summed E-state index contributed by atoms with van der Waals surface area (Å²) in [4.78, 5) is 15.9. The summed E-state index contributed by atoms with van der Waals surface area (Å²) in [6.07, 6.45) is 5.58. The Morgan fingerprint density at radius 1 is 1.44 bits per heavy atom. The van der Waals surface area contributed by atoms with Crippen molar-refractivity contribution in [3.05, 3.63) is 24.0 Å². The molecule has 0 bridgehead atoms. The quantitative estimate of drug-likeness (QED) is 0.817. The number of nitrogens with zero attached hydrogens (tertiary/aromatic N) is 1. The van der Waals surface area contributed by atoms with Gasteiger partial charge in [0.2, 0.25) is 0 Å². The van der Waals surface area contributed by atoms with Crippen molar-refractivity contribution >= 4 is 11.7 Å². The third-order valence-corrected chi connectivity index (χ3v) is 3.59. The van der Waals surface area contributed by atoms with Crippen LogP contribution in [-0.2, 0) is 4.74 Å². The van der Waals surface area contributed by atoms with Crippen LogP contribution in [0.5, 0.6) is 0 Å². The Bertz CT molecular complexity index is 433. The minimum atomic E-state index is -0.405. The number of hydrogen-bond donors (Lipinski definition) is 1. The lowest BCUT2D eigenvalue weighted by Crippen LogP contribution is -2.28. The third kappa shape index (κ3) is 3.00. The number of ether oxygens (including phenoxy) is 1. The van der Waals surface area contributed by atoms with Crippen molar-refractivity contribution in [2.45, 2.75) is 45.6 Å². The maximum absolute atomic E-state index is 11.9. The summed E-state index contributed by atoms with van der Waals surface area (Å²) >= 11 is 0. The molecule has 0 aliphatic heterocycles. The van der Waals surface area contributed by atoms with Gasteiger partial charge in [0.1, 0.15) is 6.10 Å². The standard InChI is InChI=1S/C14H20N2O2/c1-14(2)7-5-10(6-8-14)18-13(17)12-11(15)4-3-9-16-12/h3-4,9-10H,5-8,15H2,1-2H3. The second-order valence-corrected chi connectivity index (χ2v) is 5.71. The number of hydrogen-bond acceptors (Lipinski definition) is 4. The second-order valence-electron chi connectivity index (χ2n) is 5.71. The number of carbonyl (C=O) groups is 1. The smallest absolute Gasteiger partial charge is 0.359 e. The van der Waals surface area contributed by atoms with Gasteiger partial charge in [-0.3, -0.25) is 0 Å². The zero-order chi connectivity index (χ0) is 13.2. The molecule has 1 aromatic rings. The van der Waals surface area contributed by atoms with E-state index in [-0.39, 0.29) is 11.8 Å². The molecule has 4 heteroatoms. The number of nitrogen functional groups attached to an aromatic ring is 1. The van der Waals surface area contributed by atoms with E-state index < -0.39 is 5.97 Å². The van der Waals surface area contributed by atoms with E-state index in [4.69, 9.17) is 10.5 Å². The van der Waals surface area contributed by atoms with E-state index in [0.717, 1.165) is 25.7 Å². The molecule has 4 nitrogen and oxygen atoms in total. The number of anilines is 1. The zero-order valence-electron chi connectivity index (χ0n) is 11.0. The normalized spacial score (nSPS) is 19.4. The van der Waals surface area contributed by atoms with Crippen LogP contribution in [0.4, 0.5) is 5.69 Å². The lowest BCUT2D eigenvalue weighted by atomic mass is 9.76. The van der Waals surface area contributed by atoms with Gasteiger partial charge in [-0.15, -0.1) is 0 Å². The SMILES string of the molecule is CC1(C)CCC(OC(=O)c2ncccc2N)CC1. The molecule has 0 saturated heterocycles. The Balaban J connectivity index is 1.95. The molecule has 1 aromatic heterocycles. The molecule has 0 aromatic carbocycles. The Kier molecular flexibility index (Phi) is 3.55. The number of esters is 1. The average Bonchev–Trinajstić information content (AvgIpc) is 2.32. The van der Waals surface area contributed by atoms with Crippen LogP contribution in [0.1, 0.15) is 50.0 Å². The van der Waals surface area contributed by atoms with Crippen molar-refractivity contribution < 1.29 is 9.53 Å². The topological polar surface area (TPSA) is 65.2 Å². The lowest BCUT2D eigenvalue weighted by molar-refractivity contribution is 0.00903. The van der Waals surface area contributed by atoms with Gasteiger partial charge in [0, 0.05) is 6.20 Å². The first-order chi connectivity index (χ1) is 8.48. The Hall–Kier alpha value is -1.58. The van der Waals surface area contributed by atoms with Crippen LogP contribution in [-0.4, -0.2) is 17.1 Å². The molecule has 2 N–H and O–H groups in total. The van der Waals surface area contributed by atoms with Crippen molar-refractivity contribution in [2.24, 2.45) is 5.41 Å². The van der Waals surface area contributed by atoms with Gasteiger partial charge in [0.25, 0.3) is 0 Å². The van der Waals surface area contributed by atoms with Crippen LogP contribution in [0.2, 0.25) is 0 Å². The minimum absolute atomic E-state index is 0.00642. The molecule has 1 saturated carbocycles. The van der Waals surface area contributed by atoms with E-state index >= 15 is 0 Å². The molecule has 1 heterocycles. The molecule has 1 aliphatic carbocycles. The van der Waals surface area contributed by atoms with Gasteiger partial charge in [0.15, 0.2) is 5.69 Å². The number of rotatable bonds is 2. The molecule has 0 amide bonds. The fourth-order valence-corrected chi connectivity index (χ4v) is 2.29. The molecular weight excluding hydrogens is 228 g/mol. The molecule has 2 rings (SSSR count). The molecule has 0 atom stereocenters. The summed E-state index contributed by atoms with van der Waals surface area (Å²) < 4.78 is 5.47. The van der Waals surface area contributed by atoms with E-state index in [1.807, 2.05) is 0 Å². The van der Waals surface area contributed by atoms with Crippen LogP contribution in [0.25, 0.3) is 0 Å². The summed E-state index contributed by atoms with van der Waals surface area (Å²) in [5.74, 6) is -0.405. The number of pyridine rings is 1. The summed E-state index contributed by atoms with van der Waals surface area (Å²) in [5, 5.41) is 0. The van der Waals surface area contributed by atoms with Crippen LogP contribution in [0.15, 0.2) is 18.3 Å². The van der Waals surface area contributed by atoms with Gasteiger partial charge in [-0.1, -0.05) is 13.8 Å². The van der Waals surface area contributed by atoms with Gasteiger partial charge in [-0.2, -0.15) is 0 Å². The average molecular weight is 248 g/mol. The minimum Gasteiger partial charge on any atom is -0.458 e. The summed E-state index contributed by atoms with van der Waals surface area (Å²) in [5.41, 5.74) is 6.67. The van der Waals surface area contributed by atoms with E-state index in [0.29, 0.717) is 11.1 Å². The highest BCUT2D eigenvalue weighted by atomic mass is 16.5. The van der Waals surface area contributed by atoms with E-state index in [1.165, 1.54) is 0 Å². The van der Waals surface area contributed by atoms with Crippen molar-refractivity contribution in [3.8, 4) is 0 Å². The molecule has 0 radical (unpaired) electrons. The molecule has 1 fully saturated rings. The largest absolute Gasteiger partial charge is 0.458 e. The zero-order valence-corrected chi connectivity index (χ0v) is 11.0. The lowest BCUT2D eigenvalue weighted by Gasteiger charge is -2.33. The highest BCUT2D eigenvalue weighted by Crippen LogP contribution is 2.36. The van der Waals surface area contributed by atoms with Gasteiger partial charge in [-0.05, 0) is 43.2 Å². The Morgan fingerprint density at radius 3 is 2.72 bits per heavy atom. The molecular formula is C14H20N2O2. The Labute approximate surface area is 108 Å². The molecule has 0 unspecified atom stereocenters. The third-order valence-electron chi connectivity index (χ3n) is 3.59. The molecule has 0 spiro atoms. The van der Waals surface area contributed by atoms with E-state index in [9.17, 15) is 4.79 Å². The highest BCUT2D eigenvalue weighted by Gasteiger charge is 2.29. The monoisotopic (exact) mass is 248 g/mol. The van der Waals surface area contributed by atoms with Crippen LogP contribution in [0, 0.1) is 5.41 Å². The van der Waals surface area contributed by atoms with Crippen molar-refractivity contribution in [1.82, 2.24) is 4.98 Å². The van der Waals surface area contributed by atoms with Crippen LogP contribution < -0.4 is 5.73 Å². The van der Waals surface area contributed by atoms with Gasteiger partial charge in [-0.25, -0.2) is 9.78 Å². The molecule has 98 valence electrons. The van der Waals surface area contributed by atoms with Crippen LogP contribution in [0.3, 0.4) is 0 Å².